The van der Waals surface area contributed by atoms with Gasteiger partial charge in [-0.05, 0) is 89.7 Å². The van der Waals surface area contributed by atoms with Gasteiger partial charge in [-0.25, -0.2) is 0 Å². The van der Waals surface area contributed by atoms with E-state index in [2.05, 4.69) is 99.1 Å². The zero-order valence-electron chi connectivity index (χ0n) is 35.9. The third-order valence-corrected chi connectivity index (χ3v) is 9.44. The molecule has 0 saturated carbocycles. The molecule has 0 bridgehead atoms. The molecule has 0 aromatic heterocycles. The number of ketones is 1. The lowest BCUT2D eigenvalue weighted by atomic mass is 9.95. The van der Waals surface area contributed by atoms with Crippen molar-refractivity contribution in [2.45, 2.75) is 146 Å². The van der Waals surface area contributed by atoms with Crippen LogP contribution in [-0.4, -0.2) is 58.8 Å². The Labute approximate surface area is 342 Å². The average Bonchev–Trinajstić information content (AvgIpc) is 3.57. The van der Waals surface area contributed by atoms with E-state index in [0.717, 1.165) is 60.2 Å². The standard InChI is InChI=1S/C23H29NOS.C17H29NO2S.3C2H6.CH4/c1-5-23(25)22(13-14-26-4)24-18(3)21-12-11-17(2)15-20(21)16-19-9-7-6-8-10-19;1-8-10-19-13(3)18-12-16(11-15(18)9-2)21-14(4)20-17(5,6)7;3*1-2;/h6-12,15,22,24H,3,5,13-14,16H2,1-2,4H3;8,15-16H,1,3-4,9-12H2,2,5-7H3;3*1-2H3;1H4/t;15-,16?;;;;/m.1..../s1. The van der Waals surface area contributed by atoms with E-state index in [9.17, 15) is 4.79 Å². The summed E-state index contributed by atoms with van der Waals surface area (Å²) in [4.78, 5) is 14.6. The Hall–Kier alpha value is -3.03. The highest BCUT2D eigenvalue weighted by Gasteiger charge is 2.33. The first-order valence-corrected chi connectivity index (χ1v) is 21.9. The third-order valence-electron chi connectivity index (χ3n) is 7.77. The maximum absolute atomic E-state index is 12.3. The van der Waals surface area contributed by atoms with Crippen molar-refractivity contribution in [2.24, 2.45) is 0 Å². The molecule has 0 radical (unpaired) electrons. The molecule has 2 aromatic rings. The summed E-state index contributed by atoms with van der Waals surface area (Å²) in [6, 6.07) is 17.2. The van der Waals surface area contributed by atoms with Crippen molar-refractivity contribution in [3.63, 3.8) is 0 Å². The molecule has 3 atom stereocenters. The molecular formula is C47H80N2O3S2. The van der Waals surface area contributed by atoms with Gasteiger partial charge in [-0.1, -0.05) is 148 Å². The number of aryl methyl sites for hydroxylation is 1. The lowest BCUT2D eigenvalue weighted by Gasteiger charge is -2.27. The van der Waals surface area contributed by atoms with E-state index >= 15 is 0 Å². The Kier molecular flexibility index (Phi) is 33.0. The first kappa shape index (κ1) is 55.3. The van der Waals surface area contributed by atoms with Crippen molar-refractivity contribution < 1.29 is 14.3 Å². The van der Waals surface area contributed by atoms with E-state index in [-0.39, 0.29) is 24.9 Å². The third kappa shape index (κ3) is 22.4. The van der Waals surface area contributed by atoms with Gasteiger partial charge in [0.05, 0.1) is 6.04 Å². The number of nitrogens with one attached hydrogen (secondary N) is 1. The molecule has 2 aromatic carbocycles. The zero-order chi connectivity index (χ0) is 41.0. The van der Waals surface area contributed by atoms with Crippen LogP contribution in [-0.2, 0) is 20.7 Å². The summed E-state index contributed by atoms with van der Waals surface area (Å²) >= 11 is 3.49. The van der Waals surface area contributed by atoms with Crippen LogP contribution < -0.4 is 5.32 Å². The summed E-state index contributed by atoms with van der Waals surface area (Å²) in [5.74, 6) is 1.95. The molecule has 0 spiro atoms. The van der Waals surface area contributed by atoms with Gasteiger partial charge in [-0.3, -0.25) is 4.79 Å². The molecule has 2 unspecified atom stereocenters. The number of carbonyl (C=O) groups excluding carboxylic acids is 1. The molecule has 54 heavy (non-hydrogen) atoms. The van der Waals surface area contributed by atoms with E-state index < -0.39 is 0 Å². The molecule has 0 amide bonds. The van der Waals surface area contributed by atoms with Crippen LogP contribution in [0.2, 0.25) is 0 Å². The molecule has 0 aliphatic carbocycles. The van der Waals surface area contributed by atoms with Crippen LogP contribution in [0.3, 0.4) is 0 Å². The predicted octanol–water partition coefficient (Wildman–Crippen LogP) is 13.5. The lowest BCUT2D eigenvalue weighted by molar-refractivity contribution is -0.120. The van der Waals surface area contributed by atoms with Crippen molar-refractivity contribution in [2.75, 3.05) is 25.2 Å². The van der Waals surface area contributed by atoms with Gasteiger partial charge in [0.1, 0.15) is 17.3 Å². The van der Waals surface area contributed by atoms with Gasteiger partial charge in [0.2, 0.25) is 0 Å². The summed E-state index contributed by atoms with van der Waals surface area (Å²) < 4.78 is 11.4. The number of ether oxygens (including phenoxy) is 2. The molecule has 3 rings (SSSR count). The first-order chi connectivity index (χ1) is 25.3. The smallest absolute Gasteiger partial charge is 0.182 e. The molecule has 1 aliphatic heterocycles. The Morgan fingerprint density at radius 3 is 2.15 bits per heavy atom. The van der Waals surface area contributed by atoms with Gasteiger partial charge in [-0.15, -0.1) is 0 Å². The van der Waals surface area contributed by atoms with Gasteiger partial charge in [0, 0.05) is 35.5 Å². The van der Waals surface area contributed by atoms with Crippen molar-refractivity contribution in [1.29, 1.82) is 0 Å². The van der Waals surface area contributed by atoms with Gasteiger partial charge < -0.3 is 19.7 Å². The summed E-state index contributed by atoms with van der Waals surface area (Å²) in [5, 5.41) is 4.67. The topological polar surface area (TPSA) is 50.8 Å². The molecule has 1 saturated heterocycles. The Bertz CT molecular complexity index is 1320. The summed E-state index contributed by atoms with van der Waals surface area (Å²) in [6.07, 6.45) is 8.23. The summed E-state index contributed by atoms with van der Waals surface area (Å²) in [5.41, 5.74) is 5.48. The monoisotopic (exact) mass is 785 g/mol. The van der Waals surface area contributed by atoms with Crippen molar-refractivity contribution in [3.8, 4) is 0 Å². The van der Waals surface area contributed by atoms with Gasteiger partial charge in [-0.2, -0.15) is 11.8 Å². The van der Waals surface area contributed by atoms with Crippen molar-refractivity contribution in [1.82, 2.24) is 10.2 Å². The number of carbonyl (C=O) groups is 1. The van der Waals surface area contributed by atoms with E-state index in [0.29, 0.717) is 24.3 Å². The highest BCUT2D eigenvalue weighted by atomic mass is 32.2. The zero-order valence-corrected chi connectivity index (χ0v) is 37.5. The number of rotatable bonds is 18. The Morgan fingerprint density at radius 1 is 1.02 bits per heavy atom. The minimum atomic E-state index is -0.191. The molecule has 308 valence electrons. The fourth-order valence-electron chi connectivity index (χ4n) is 5.50. The Morgan fingerprint density at radius 2 is 1.63 bits per heavy atom. The Balaban J connectivity index is -0.000000846. The van der Waals surface area contributed by atoms with E-state index in [1.807, 2.05) is 75.3 Å². The molecule has 1 aliphatic rings. The summed E-state index contributed by atoms with van der Waals surface area (Å²) in [7, 11) is 0. The average molecular weight is 785 g/mol. The lowest BCUT2D eigenvalue weighted by Crippen LogP contribution is -2.35. The number of likely N-dealkylation sites (tertiary alicyclic amines) is 1. The fourth-order valence-corrected chi connectivity index (χ4v) is 7.20. The number of nitrogens with zero attached hydrogens (tertiary/aromatic N) is 1. The molecule has 1 heterocycles. The minimum Gasteiger partial charge on any atom is -0.483 e. The van der Waals surface area contributed by atoms with Gasteiger partial charge in [0.25, 0.3) is 0 Å². The number of benzene rings is 2. The van der Waals surface area contributed by atoms with Crippen LogP contribution in [0.4, 0.5) is 0 Å². The number of thioether (sulfide) groups is 2. The molecule has 1 N–H and O–H groups in total. The quantitative estimate of drug-likeness (QED) is 0.119. The molecular weight excluding hydrogens is 705 g/mol. The van der Waals surface area contributed by atoms with Gasteiger partial charge in [0.15, 0.2) is 11.7 Å². The maximum Gasteiger partial charge on any atom is 0.182 e. The SMILES string of the molecule is C.C=C(NC(CCSC)C(=O)CC)c1ccc(C)cc1Cc1ccccc1.C=CCOC(=C)N1CC(SC(=C)OC(C)(C)C)C[C@H]1CC.CC.CC.CC. The van der Waals surface area contributed by atoms with Crippen LogP contribution in [0.25, 0.3) is 5.70 Å². The second-order valence-electron chi connectivity index (χ2n) is 12.9. The number of Topliss-reactive ketones (excluding diaryl/α,β-unsaturated/α-hetero) is 1. The normalized spacial score (nSPS) is 14.6. The molecule has 5 nitrogen and oxygen atoms in total. The number of hydrogen-bond acceptors (Lipinski definition) is 7. The summed E-state index contributed by atoms with van der Waals surface area (Å²) in [6.45, 7) is 41.8. The second-order valence-corrected chi connectivity index (χ2v) is 15.2. The maximum atomic E-state index is 12.3. The van der Waals surface area contributed by atoms with Gasteiger partial charge >= 0.3 is 0 Å². The van der Waals surface area contributed by atoms with Crippen LogP contribution in [0.1, 0.15) is 132 Å². The largest absolute Gasteiger partial charge is 0.483 e. The highest BCUT2D eigenvalue weighted by molar-refractivity contribution is 8.03. The highest BCUT2D eigenvalue weighted by Crippen LogP contribution is 2.36. The van der Waals surface area contributed by atoms with E-state index in [4.69, 9.17) is 9.47 Å². The molecule has 7 heteroatoms. The van der Waals surface area contributed by atoms with Crippen LogP contribution in [0.15, 0.2) is 91.9 Å². The minimum absolute atomic E-state index is 0. The first-order valence-electron chi connectivity index (χ1n) is 19.7. The van der Waals surface area contributed by atoms with Crippen molar-refractivity contribution >= 4 is 35.0 Å². The van der Waals surface area contributed by atoms with E-state index in [1.54, 1.807) is 29.6 Å². The van der Waals surface area contributed by atoms with Crippen molar-refractivity contribution in [3.05, 3.63) is 114 Å². The van der Waals surface area contributed by atoms with Crippen LogP contribution >= 0.6 is 23.5 Å². The van der Waals surface area contributed by atoms with Crippen LogP contribution in [0, 0.1) is 6.92 Å². The van der Waals surface area contributed by atoms with E-state index in [1.165, 1.54) is 16.7 Å². The molecule has 1 fully saturated rings. The fraction of sp³-hybridized carbons (Fsp3) is 0.553. The predicted molar refractivity (Wildman–Crippen MR) is 248 cm³/mol. The number of hydrogen-bond donors (Lipinski definition) is 1. The van der Waals surface area contributed by atoms with Crippen LogP contribution in [0.5, 0.6) is 0 Å². The second kappa shape index (κ2) is 32.2.